The van der Waals surface area contributed by atoms with Gasteiger partial charge in [0.25, 0.3) is 5.56 Å². The van der Waals surface area contributed by atoms with Crippen molar-refractivity contribution >= 4 is 19.5 Å². The molecule has 2 aromatic heterocycles. The Labute approximate surface area is 192 Å². The van der Waals surface area contributed by atoms with E-state index in [1.165, 1.54) is 0 Å². The molecule has 0 amide bonds. The number of nitrogens with zero attached hydrogens (tertiary/aromatic N) is 4. The summed E-state index contributed by atoms with van der Waals surface area (Å²) in [6.45, 7) is 17.3. The van der Waals surface area contributed by atoms with E-state index in [9.17, 15) is 4.79 Å². The summed E-state index contributed by atoms with van der Waals surface area (Å²) < 4.78 is 23.5. The van der Waals surface area contributed by atoms with Gasteiger partial charge in [-0.2, -0.15) is 0 Å². The number of aryl methyl sites for hydroxylation is 1. The summed E-state index contributed by atoms with van der Waals surface area (Å²) in [5.74, 6) is 0.534. The fourth-order valence-corrected chi connectivity index (χ4v) is 6.45. The molecule has 182 valence electrons. The van der Waals surface area contributed by atoms with Crippen LogP contribution in [0.25, 0.3) is 11.2 Å². The van der Waals surface area contributed by atoms with Crippen LogP contribution in [0.5, 0.6) is 0 Å². The summed E-state index contributed by atoms with van der Waals surface area (Å²) in [4.78, 5) is 23.9. The maximum Gasteiger partial charge on any atom is 0.279 e. The minimum absolute atomic E-state index is 0. The summed E-state index contributed by atoms with van der Waals surface area (Å²) in [6.07, 6.45) is 1.25. The molecule has 1 aliphatic heterocycles. The van der Waals surface area contributed by atoms with Crippen LogP contribution in [0.2, 0.25) is 0 Å². The van der Waals surface area contributed by atoms with Crippen LogP contribution >= 0.6 is 8.30 Å². The van der Waals surface area contributed by atoms with Crippen molar-refractivity contribution in [2.45, 2.75) is 98.9 Å². The zero-order chi connectivity index (χ0) is 22.9. The normalized spacial score (nSPS) is 24.6. The molecule has 5 atom stereocenters. The predicted octanol–water partition coefficient (Wildman–Crippen LogP) is 4.22. The molecule has 2 aromatic rings. The third-order valence-electron chi connectivity index (χ3n) is 5.53. The fraction of sp³-hybridized carbons (Fsp3) is 0.773. The summed E-state index contributed by atoms with van der Waals surface area (Å²) in [6, 6.07) is 0.697. The lowest BCUT2D eigenvalue weighted by atomic mass is 10.1. The number of hydrogen-bond acceptors (Lipinski definition) is 7. The fourth-order valence-electron chi connectivity index (χ4n) is 4.47. The van der Waals surface area contributed by atoms with Crippen LogP contribution in [0.15, 0.2) is 11.1 Å². The van der Waals surface area contributed by atoms with E-state index in [4.69, 9.17) is 14.0 Å². The number of nitrogens with one attached hydrogen (secondary N) is 1. The highest BCUT2D eigenvalue weighted by molar-refractivity contribution is 7.49. The average molecular weight is 470 g/mol. The Bertz CT molecular complexity index is 923. The van der Waals surface area contributed by atoms with Gasteiger partial charge in [0.05, 0.1) is 12.4 Å². The molecule has 10 heteroatoms. The van der Waals surface area contributed by atoms with E-state index in [0.29, 0.717) is 35.7 Å². The molecule has 0 radical (unpaired) electrons. The van der Waals surface area contributed by atoms with Crippen molar-refractivity contribution in [3.05, 3.63) is 22.5 Å². The molecular weight excluding hydrogens is 429 g/mol. The quantitative estimate of drug-likeness (QED) is 0.550. The first kappa shape index (κ1) is 26.9. The highest BCUT2D eigenvalue weighted by Crippen LogP contribution is 2.48. The predicted molar refractivity (Wildman–Crippen MR) is 129 cm³/mol. The first-order chi connectivity index (χ1) is 14.7. The Morgan fingerprint density at radius 2 is 1.91 bits per heavy atom. The highest BCUT2D eigenvalue weighted by atomic mass is 31.2. The van der Waals surface area contributed by atoms with Gasteiger partial charge in [-0.25, -0.2) is 9.97 Å². The molecule has 0 spiro atoms. The van der Waals surface area contributed by atoms with Crippen LogP contribution in [0.1, 0.15) is 67.4 Å². The van der Waals surface area contributed by atoms with Gasteiger partial charge in [0.2, 0.25) is 0 Å². The number of aromatic nitrogens is 4. The number of ether oxygens (including phenoxy) is 2. The molecule has 0 aromatic carbocycles. The third kappa shape index (κ3) is 5.23. The summed E-state index contributed by atoms with van der Waals surface area (Å²) in [7, 11) is -0.902. The summed E-state index contributed by atoms with van der Waals surface area (Å²) in [5, 5.41) is 0. The SMILES string of the molecule is C.CCOC1[C@@H](CC)O[C@@H](n2cnc3c(=O)[nH]c(C)nc32)[C@H]1OP(C)N(C(C)C)C(C)C. The Hall–Kier alpha value is -1.38. The lowest BCUT2D eigenvalue weighted by Crippen LogP contribution is -2.39. The second-order valence-corrected chi connectivity index (χ2v) is 10.1. The van der Waals surface area contributed by atoms with E-state index in [-0.39, 0.29) is 31.3 Å². The van der Waals surface area contributed by atoms with Gasteiger partial charge in [-0.1, -0.05) is 14.4 Å². The van der Waals surface area contributed by atoms with E-state index in [0.717, 1.165) is 6.42 Å². The van der Waals surface area contributed by atoms with Gasteiger partial charge < -0.3 is 19.0 Å². The number of fused-ring (bicyclic) bond motifs is 1. The molecule has 2 unspecified atom stereocenters. The third-order valence-corrected chi connectivity index (χ3v) is 7.65. The van der Waals surface area contributed by atoms with Crippen LogP contribution in [-0.4, -0.2) is 67.9 Å². The van der Waals surface area contributed by atoms with Crippen LogP contribution in [0.4, 0.5) is 0 Å². The van der Waals surface area contributed by atoms with Crippen molar-refractivity contribution in [3.63, 3.8) is 0 Å². The van der Waals surface area contributed by atoms with E-state index in [2.05, 4.69) is 60.9 Å². The van der Waals surface area contributed by atoms with Crippen molar-refractivity contribution in [3.8, 4) is 0 Å². The van der Waals surface area contributed by atoms with Gasteiger partial charge in [0.15, 0.2) is 17.4 Å². The maximum absolute atomic E-state index is 12.3. The van der Waals surface area contributed by atoms with Crippen molar-refractivity contribution in [1.29, 1.82) is 0 Å². The molecule has 1 fully saturated rings. The van der Waals surface area contributed by atoms with Gasteiger partial charge in [0, 0.05) is 18.7 Å². The molecular formula is C22H40N5O4P. The standard InChI is InChI=1S/C21H36N5O4P.CH4/c1-9-15-17(28-10-2)18(30-31(8)26(12(3)4)13(5)6)21(29-15)25-11-22-16-19(25)23-14(7)24-20(16)27;/h11-13,15,17-18,21H,9-10H2,1-8H3,(H,23,24,27);1H4/t15-,17?,18+,21-,31?;/m1./s1. The van der Waals surface area contributed by atoms with Gasteiger partial charge in [-0.05, 0) is 54.6 Å². The average Bonchev–Trinajstić information content (AvgIpc) is 3.23. The van der Waals surface area contributed by atoms with Crippen molar-refractivity contribution in [1.82, 2.24) is 24.2 Å². The zero-order valence-corrected chi connectivity index (χ0v) is 20.7. The van der Waals surface area contributed by atoms with Gasteiger partial charge in [0.1, 0.15) is 26.3 Å². The molecule has 0 aliphatic carbocycles. The largest absolute Gasteiger partial charge is 0.373 e. The maximum atomic E-state index is 12.3. The molecule has 9 nitrogen and oxygen atoms in total. The first-order valence-corrected chi connectivity index (χ1v) is 12.7. The first-order valence-electron chi connectivity index (χ1n) is 11.1. The minimum atomic E-state index is -0.902. The topological polar surface area (TPSA) is 94.5 Å². The van der Waals surface area contributed by atoms with Crippen LogP contribution < -0.4 is 5.56 Å². The molecule has 1 saturated heterocycles. The smallest absolute Gasteiger partial charge is 0.279 e. The zero-order valence-electron chi connectivity index (χ0n) is 19.8. The lowest BCUT2D eigenvalue weighted by molar-refractivity contribution is -0.0360. The lowest BCUT2D eigenvalue weighted by Gasteiger charge is -2.38. The van der Waals surface area contributed by atoms with E-state index in [1.807, 2.05) is 11.5 Å². The Kier molecular flexibility index (Phi) is 9.37. The summed E-state index contributed by atoms with van der Waals surface area (Å²) in [5.41, 5.74) is 0.538. The van der Waals surface area contributed by atoms with E-state index >= 15 is 0 Å². The molecule has 3 heterocycles. The number of H-pyrrole nitrogens is 1. The number of rotatable bonds is 9. The molecule has 0 saturated carbocycles. The number of aromatic amines is 1. The van der Waals surface area contributed by atoms with Crippen LogP contribution in [-0.2, 0) is 14.0 Å². The molecule has 32 heavy (non-hydrogen) atoms. The van der Waals surface area contributed by atoms with Crippen molar-refractivity contribution in [2.24, 2.45) is 0 Å². The van der Waals surface area contributed by atoms with Crippen molar-refractivity contribution in [2.75, 3.05) is 13.3 Å². The Morgan fingerprint density at radius 3 is 2.47 bits per heavy atom. The molecule has 1 aliphatic rings. The second-order valence-electron chi connectivity index (χ2n) is 8.47. The molecule has 0 bridgehead atoms. The molecule has 3 rings (SSSR count). The highest BCUT2D eigenvalue weighted by Gasteiger charge is 2.48. The number of imidazole rings is 1. The molecule has 1 N–H and O–H groups in total. The van der Waals surface area contributed by atoms with Gasteiger partial charge in [-0.3, -0.25) is 14.0 Å². The van der Waals surface area contributed by atoms with E-state index in [1.54, 1.807) is 13.3 Å². The van der Waals surface area contributed by atoms with Crippen molar-refractivity contribution < 1.29 is 14.0 Å². The minimum Gasteiger partial charge on any atom is -0.373 e. The van der Waals surface area contributed by atoms with Gasteiger partial charge >= 0.3 is 0 Å². The Morgan fingerprint density at radius 1 is 1.25 bits per heavy atom. The second kappa shape index (κ2) is 11.2. The van der Waals surface area contributed by atoms with Gasteiger partial charge in [-0.15, -0.1) is 0 Å². The van der Waals surface area contributed by atoms with E-state index < -0.39 is 14.5 Å². The van der Waals surface area contributed by atoms with Crippen LogP contribution in [0, 0.1) is 6.92 Å². The monoisotopic (exact) mass is 469 g/mol. The van der Waals surface area contributed by atoms with Crippen LogP contribution in [0.3, 0.4) is 0 Å². The number of hydrogen-bond donors (Lipinski definition) is 1. The Balaban J connectivity index is 0.00000363. The summed E-state index contributed by atoms with van der Waals surface area (Å²) >= 11 is 0.